The zero-order valence-corrected chi connectivity index (χ0v) is 9.00. The van der Waals surface area contributed by atoms with Crippen LogP contribution in [0.25, 0.3) is 0 Å². The molecular formula is C13H11NO3. The zero-order valence-electron chi connectivity index (χ0n) is 9.00. The Morgan fingerprint density at radius 1 is 0.882 bits per heavy atom. The molecule has 1 amide bonds. The van der Waals surface area contributed by atoms with Crippen LogP contribution in [0.5, 0.6) is 17.2 Å². The summed E-state index contributed by atoms with van der Waals surface area (Å²) in [6.45, 7) is 0. The van der Waals surface area contributed by atoms with Crippen molar-refractivity contribution in [3.63, 3.8) is 0 Å². The van der Waals surface area contributed by atoms with E-state index in [9.17, 15) is 4.79 Å². The van der Waals surface area contributed by atoms with E-state index in [-0.39, 0.29) is 0 Å². The summed E-state index contributed by atoms with van der Waals surface area (Å²) in [5.74, 6) is 1.64. The molecule has 0 fully saturated rings. The largest absolute Gasteiger partial charge is 0.457 e. The first kappa shape index (κ1) is 11.0. The number of hydrogen-bond donors (Lipinski definition) is 1. The van der Waals surface area contributed by atoms with Crippen LogP contribution in [0.3, 0.4) is 0 Å². The van der Waals surface area contributed by atoms with E-state index in [1.54, 1.807) is 24.3 Å². The molecule has 0 radical (unpaired) electrons. The van der Waals surface area contributed by atoms with Gasteiger partial charge in [-0.05, 0) is 24.3 Å². The summed E-state index contributed by atoms with van der Waals surface area (Å²) in [5, 5.41) is 0. The van der Waals surface area contributed by atoms with E-state index < -0.39 is 6.09 Å². The van der Waals surface area contributed by atoms with Crippen molar-refractivity contribution < 1.29 is 14.3 Å². The lowest BCUT2D eigenvalue weighted by atomic mass is 10.3. The number of rotatable bonds is 3. The van der Waals surface area contributed by atoms with Gasteiger partial charge in [-0.3, -0.25) is 0 Å². The van der Waals surface area contributed by atoms with Crippen molar-refractivity contribution in [1.29, 1.82) is 0 Å². The van der Waals surface area contributed by atoms with Crippen molar-refractivity contribution >= 4 is 6.09 Å². The van der Waals surface area contributed by atoms with Gasteiger partial charge in [0.25, 0.3) is 0 Å². The van der Waals surface area contributed by atoms with Crippen molar-refractivity contribution in [2.24, 2.45) is 5.73 Å². The zero-order chi connectivity index (χ0) is 12.1. The van der Waals surface area contributed by atoms with Gasteiger partial charge in [0, 0.05) is 6.07 Å². The molecule has 4 heteroatoms. The molecular weight excluding hydrogens is 218 g/mol. The standard InChI is InChI=1S/C13H11NO3/c14-13(15)17-12-8-4-7-11(9-12)16-10-5-2-1-3-6-10/h1-9H,(H2,14,15). The fourth-order valence-corrected chi connectivity index (χ4v) is 1.34. The highest BCUT2D eigenvalue weighted by Gasteiger charge is 2.01. The highest BCUT2D eigenvalue weighted by Crippen LogP contribution is 2.24. The van der Waals surface area contributed by atoms with E-state index in [0.717, 1.165) is 0 Å². The molecule has 2 rings (SSSR count). The molecule has 0 unspecified atom stereocenters. The monoisotopic (exact) mass is 229 g/mol. The van der Waals surface area contributed by atoms with Gasteiger partial charge in [-0.15, -0.1) is 0 Å². The topological polar surface area (TPSA) is 61.6 Å². The van der Waals surface area contributed by atoms with Gasteiger partial charge >= 0.3 is 6.09 Å². The predicted octanol–water partition coefficient (Wildman–Crippen LogP) is 2.94. The summed E-state index contributed by atoms with van der Waals surface area (Å²) in [7, 11) is 0. The van der Waals surface area contributed by atoms with Gasteiger partial charge in [0.05, 0.1) is 0 Å². The first-order valence-electron chi connectivity index (χ1n) is 5.04. The molecule has 0 heterocycles. The molecule has 86 valence electrons. The smallest absolute Gasteiger partial charge is 0.409 e. The van der Waals surface area contributed by atoms with Gasteiger partial charge in [0.2, 0.25) is 0 Å². The highest BCUT2D eigenvalue weighted by molar-refractivity contribution is 5.68. The molecule has 17 heavy (non-hydrogen) atoms. The maximum absolute atomic E-state index is 10.6. The fourth-order valence-electron chi connectivity index (χ4n) is 1.34. The van der Waals surface area contributed by atoms with Gasteiger partial charge in [0.15, 0.2) is 0 Å². The number of benzene rings is 2. The first-order valence-corrected chi connectivity index (χ1v) is 5.04. The second-order valence-electron chi connectivity index (χ2n) is 3.31. The molecule has 0 aliphatic rings. The number of para-hydroxylation sites is 1. The Morgan fingerprint density at radius 3 is 2.24 bits per heavy atom. The molecule has 0 aliphatic carbocycles. The minimum atomic E-state index is -0.845. The maximum Gasteiger partial charge on any atom is 0.409 e. The lowest BCUT2D eigenvalue weighted by Gasteiger charge is -2.06. The molecule has 0 spiro atoms. The van der Waals surface area contributed by atoms with Crippen LogP contribution in [0.4, 0.5) is 4.79 Å². The summed E-state index contributed by atoms with van der Waals surface area (Å²) in [6.07, 6.45) is -0.845. The van der Waals surface area contributed by atoms with Crippen LogP contribution in [-0.2, 0) is 0 Å². The lowest BCUT2D eigenvalue weighted by Crippen LogP contribution is -2.16. The molecule has 0 aliphatic heterocycles. The van der Waals surface area contributed by atoms with Crippen LogP contribution >= 0.6 is 0 Å². The highest BCUT2D eigenvalue weighted by atomic mass is 16.5. The van der Waals surface area contributed by atoms with Gasteiger partial charge in [-0.1, -0.05) is 24.3 Å². The molecule has 0 bridgehead atoms. The number of nitrogens with two attached hydrogens (primary N) is 1. The SMILES string of the molecule is NC(=O)Oc1cccc(Oc2ccccc2)c1. The van der Waals surface area contributed by atoms with E-state index >= 15 is 0 Å². The Balaban J connectivity index is 2.14. The van der Waals surface area contributed by atoms with Gasteiger partial charge in [-0.25, -0.2) is 4.79 Å². The Labute approximate surface area is 98.6 Å². The van der Waals surface area contributed by atoms with Crippen LogP contribution in [0, 0.1) is 0 Å². The molecule has 2 aromatic carbocycles. The molecule has 0 saturated heterocycles. The normalized spacial score (nSPS) is 9.65. The van der Waals surface area contributed by atoms with E-state index in [1.165, 1.54) is 0 Å². The first-order chi connectivity index (χ1) is 8.24. The van der Waals surface area contributed by atoms with Crippen molar-refractivity contribution in [1.82, 2.24) is 0 Å². The second-order valence-corrected chi connectivity index (χ2v) is 3.31. The summed E-state index contributed by atoms with van der Waals surface area (Å²) < 4.78 is 10.3. The average Bonchev–Trinajstić information content (AvgIpc) is 2.30. The summed E-state index contributed by atoms with van der Waals surface area (Å²) in [4.78, 5) is 10.6. The van der Waals surface area contributed by atoms with Gasteiger partial charge in [0.1, 0.15) is 17.2 Å². The minimum Gasteiger partial charge on any atom is -0.457 e. The Bertz CT molecular complexity index is 511. The maximum atomic E-state index is 10.6. The minimum absolute atomic E-state index is 0.353. The number of amides is 1. The van der Waals surface area contributed by atoms with Crippen LogP contribution in [-0.4, -0.2) is 6.09 Å². The molecule has 0 aromatic heterocycles. The number of ether oxygens (including phenoxy) is 2. The molecule has 2 N–H and O–H groups in total. The van der Waals surface area contributed by atoms with E-state index in [0.29, 0.717) is 17.2 Å². The average molecular weight is 229 g/mol. The Kier molecular flexibility index (Phi) is 3.25. The summed E-state index contributed by atoms with van der Waals surface area (Å²) >= 11 is 0. The Morgan fingerprint density at radius 2 is 1.53 bits per heavy atom. The third-order valence-electron chi connectivity index (χ3n) is 2.00. The van der Waals surface area contributed by atoms with Crippen molar-refractivity contribution in [3.05, 3.63) is 54.6 Å². The van der Waals surface area contributed by atoms with Crippen molar-refractivity contribution in [2.75, 3.05) is 0 Å². The molecule has 2 aromatic rings. The van der Waals surface area contributed by atoms with Crippen LogP contribution < -0.4 is 15.2 Å². The number of carbonyl (C=O) groups excluding carboxylic acids is 1. The van der Waals surface area contributed by atoms with E-state index in [2.05, 4.69) is 0 Å². The Hall–Kier alpha value is -2.49. The number of primary amides is 1. The van der Waals surface area contributed by atoms with Crippen molar-refractivity contribution in [2.45, 2.75) is 0 Å². The third-order valence-corrected chi connectivity index (χ3v) is 2.00. The predicted molar refractivity (Wildman–Crippen MR) is 63.2 cm³/mol. The van der Waals surface area contributed by atoms with Crippen LogP contribution in [0.15, 0.2) is 54.6 Å². The van der Waals surface area contributed by atoms with Crippen molar-refractivity contribution in [3.8, 4) is 17.2 Å². The second kappa shape index (κ2) is 5.03. The fraction of sp³-hybridized carbons (Fsp3) is 0. The lowest BCUT2D eigenvalue weighted by molar-refractivity contribution is 0.211. The third kappa shape index (κ3) is 3.24. The molecule has 0 saturated carbocycles. The van der Waals surface area contributed by atoms with E-state index in [4.69, 9.17) is 15.2 Å². The molecule has 4 nitrogen and oxygen atoms in total. The molecule has 0 atom stereocenters. The van der Waals surface area contributed by atoms with Crippen LogP contribution in [0.1, 0.15) is 0 Å². The van der Waals surface area contributed by atoms with Crippen LogP contribution in [0.2, 0.25) is 0 Å². The summed E-state index contributed by atoms with van der Waals surface area (Å²) in [5.41, 5.74) is 4.93. The van der Waals surface area contributed by atoms with Gasteiger partial charge in [-0.2, -0.15) is 0 Å². The van der Waals surface area contributed by atoms with Gasteiger partial charge < -0.3 is 15.2 Å². The van der Waals surface area contributed by atoms with E-state index in [1.807, 2.05) is 30.3 Å². The number of hydrogen-bond acceptors (Lipinski definition) is 3. The summed E-state index contributed by atoms with van der Waals surface area (Å²) in [6, 6.07) is 16.0. The quantitative estimate of drug-likeness (QED) is 0.880. The number of carbonyl (C=O) groups is 1.